The third-order valence-electron chi connectivity index (χ3n) is 5.01. The van der Waals surface area contributed by atoms with E-state index in [1.165, 1.54) is 22.0 Å². The van der Waals surface area contributed by atoms with Gasteiger partial charge in [-0.1, -0.05) is 35.9 Å². The van der Waals surface area contributed by atoms with Gasteiger partial charge < -0.3 is 10.3 Å². The zero-order valence-electron chi connectivity index (χ0n) is 15.6. The molecule has 2 aromatic carbocycles. The predicted octanol–water partition coefficient (Wildman–Crippen LogP) is 4.26. The molecule has 0 fully saturated rings. The number of aryl methyl sites for hydroxylation is 1. The SMILES string of the molecule is Cc1ccc(-n2ncc3c(NCCc4c[nH]c5ccccc45)ncnc32)cc1. The van der Waals surface area contributed by atoms with Crippen LogP contribution in [0.15, 0.2) is 67.3 Å². The van der Waals surface area contributed by atoms with Gasteiger partial charge in [-0.25, -0.2) is 14.6 Å². The number of anilines is 1. The molecule has 2 N–H and O–H groups in total. The standard InChI is InChI=1S/C22H20N6/c1-15-6-8-17(9-7-15)28-22-19(13-27-28)21(25-14-26-22)23-11-10-16-12-24-20-5-3-2-4-18(16)20/h2-9,12-14,24H,10-11H2,1H3,(H,23,25,26). The van der Waals surface area contributed by atoms with Crippen LogP contribution in [0.3, 0.4) is 0 Å². The number of rotatable bonds is 5. The van der Waals surface area contributed by atoms with Crippen molar-refractivity contribution in [1.82, 2.24) is 24.7 Å². The van der Waals surface area contributed by atoms with Gasteiger partial charge in [-0.15, -0.1) is 0 Å². The molecule has 0 saturated heterocycles. The fraction of sp³-hybridized carbons (Fsp3) is 0.136. The minimum absolute atomic E-state index is 0.781. The van der Waals surface area contributed by atoms with Crippen molar-refractivity contribution in [3.63, 3.8) is 0 Å². The smallest absolute Gasteiger partial charge is 0.168 e. The third-order valence-corrected chi connectivity index (χ3v) is 5.01. The zero-order valence-corrected chi connectivity index (χ0v) is 15.6. The van der Waals surface area contributed by atoms with Gasteiger partial charge in [0.1, 0.15) is 12.1 Å². The third kappa shape index (κ3) is 2.89. The molecule has 0 saturated carbocycles. The number of aromatic amines is 1. The lowest BCUT2D eigenvalue weighted by molar-refractivity contribution is 0.894. The molecular weight excluding hydrogens is 348 g/mol. The lowest BCUT2D eigenvalue weighted by Gasteiger charge is -2.07. The highest BCUT2D eigenvalue weighted by atomic mass is 15.3. The minimum Gasteiger partial charge on any atom is -0.369 e. The summed E-state index contributed by atoms with van der Waals surface area (Å²) in [6.45, 7) is 2.85. The molecule has 0 spiro atoms. The van der Waals surface area contributed by atoms with E-state index in [-0.39, 0.29) is 0 Å². The van der Waals surface area contributed by atoms with Crippen molar-refractivity contribution in [2.45, 2.75) is 13.3 Å². The van der Waals surface area contributed by atoms with Crippen LogP contribution in [-0.4, -0.2) is 31.3 Å². The van der Waals surface area contributed by atoms with Crippen LogP contribution in [0.4, 0.5) is 5.82 Å². The van der Waals surface area contributed by atoms with Gasteiger partial charge in [0.2, 0.25) is 0 Å². The van der Waals surface area contributed by atoms with Crippen LogP contribution in [-0.2, 0) is 6.42 Å². The minimum atomic E-state index is 0.781. The summed E-state index contributed by atoms with van der Waals surface area (Å²) in [5, 5.41) is 10.2. The number of fused-ring (bicyclic) bond motifs is 2. The lowest BCUT2D eigenvalue weighted by atomic mass is 10.1. The lowest BCUT2D eigenvalue weighted by Crippen LogP contribution is -2.07. The topological polar surface area (TPSA) is 71.4 Å². The van der Waals surface area contributed by atoms with Crippen molar-refractivity contribution in [3.05, 3.63) is 78.4 Å². The number of nitrogens with zero attached hydrogens (tertiary/aromatic N) is 4. The first-order valence-electron chi connectivity index (χ1n) is 9.34. The molecule has 3 heterocycles. The molecule has 3 aromatic heterocycles. The number of aromatic nitrogens is 5. The molecule has 0 unspecified atom stereocenters. The molecule has 5 aromatic rings. The van der Waals surface area contributed by atoms with Gasteiger partial charge in [-0.3, -0.25) is 0 Å². The Morgan fingerprint density at radius 1 is 1.00 bits per heavy atom. The normalized spacial score (nSPS) is 11.3. The number of hydrogen-bond donors (Lipinski definition) is 2. The van der Waals surface area contributed by atoms with Crippen LogP contribution < -0.4 is 5.32 Å². The molecule has 6 nitrogen and oxygen atoms in total. The number of benzene rings is 2. The van der Waals surface area contributed by atoms with Crippen molar-refractivity contribution >= 4 is 27.8 Å². The molecule has 0 bridgehead atoms. The molecule has 0 aliphatic rings. The monoisotopic (exact) mass is 368 g/mol. The Balaban J connectivity index is 1.38. The highest BCUT2D eigenvalue weighted by Crippen LogP contribution is 2.22. The second-order valence-corrected chi connectivity index (χ2v) is 6.89. The van der Waals surface area contributed by atoms with Crippen molar-refractivity contribution in [2.75, 3.05) is 11.9 Å². The summed E-state index contributed by atoms with van der Waals surface area (Å²) in [4.78, 5) is 12.2. The number of H-pyrrole nitrogens is 1. The molecular formula is C22H20N6. The van der Waals surface area contributed by atoms with Crippen molar-refractivity contribution in [2.24, 2.45) is 0 Å². The van der Waals surface area contributed by atoms with Gasteiger partial charge in [-0.05, 0) is 37.1 Å². The molecule has 0 radical (unpaired) electrons. The summed E-state index contributed by atoms with van der Waals surface area (Å²) < 4.78 is 1.85. The Kier molecular flexibility index (Phi) is 4.01. The van der Waals surface area contributed by atoms with E-state index in [2.05, 4.69) is 68.8 Å². The van der Waals surface area contributed by atoms with Gasteiger partial charge in [-0.2, -0.15) is 5.10 Å². The van der Waals surface area contributed by atoms with E-state index < -0.39 is 0 Å². The maximum Gasteiger partial charge on any atom is 0.168 e. The summed E-state index contributed by atoms with van der Waals surface area (Å²) in [7, 11) is 0. The molecule has 6 heteroatoms. The van der Waals surface area contributed by atoms with E-state index in [0.717, 1.165) is 35.5 Å². The van der Waals surface area contributed by atoms with E-state index in [4.69, 9.17) is 0 Å². The molecule has 5 rings (SSSR count). The first kappa shape index (κ1) is 16.5. The fourth-order valence-electron chi connectivity index (χ4n) is 3.51. The first-order chi connectivity index (χ1) is 13.8. The van der Waals surface area contributed by atoms with Gasteiger partial charge in [0.25, 0.3) is 0 Å². The van der Waals surface area contributed by atoms with Crippen molar-refractivity contribution in [3.8, 4) is 5.69 Å². The van der Waals surface area contributed by atoms with Gasteiger partial charge in [0.05, 0.1) is 17.3 Å². The van der Waals surface area contributed by atoms with Gasteiger partial charge in [0.15, 0.2) is 5.65 Å². The summed E-state index contributed by atoms with van der Waals surface area (Å²) in [5.41, 5.74) is 5.47. The van der Waals surface area contributed by atoms with E-state index >= 15 is 0 Å². The highest BCUT2D eigenvalue weighted by molar-refractivity contribution is 5.87. The molecule has 0 atom stereocenters. The van der Waals surface area contributed by atoms with Crippen LogP contribution in [0.2, 0.25) is 0 Å². The molecule has 0 aliphatic carbocycles. The van der Waals surface area contributed by atoms with E-state index in [0.29, 0.717) is 0 Å². The van der Waals surface area contributed by atoms with E-state index in [9.17, 15) is 0 Å². The Bertz CT molecular complexity index is 1250. The zero-order chi connectivity index (χ0) is 18.9. The highest BCUT2D eigenvalue weighted by Gasteiger charge is 2.11. The first-order valence-corrected chi connectivity index (χ1v) is 9.34. The van der Waals surface area contributed by atoms with Crippen LogP contribution in [0, 0.1) is 6.92 Å². The van der Waals surface area contributed by atoms with Crippen molar-refractivity contribution in [1.29, 1.82) is 0 Å². The molecule has 28 heavy (non-hydrogen) atoms. The van der Waals surface area contributed by atoms with Crippen LogP contribution in [0.25, 0.3) is 27.6 Å². The summed E-state index contributed by atoms with van der Waals surface area (Å²) in [5.74, 6) is 0.809. The second-order valence-electron chi connectivity index (χ2n) is 6.89. The fourth-order valence-corrected chi connectivity index (χ4v) is 3.51. The van der Waals surface area contributed by atoms with Crippen LogP contribution in [0.1, 0.15) is 11.1 Å². The number of nitrogens with one attached hydrogen (secondary N) is 2. The quantitative estimate of drug-likeness (QED) is 0.486. The van der Waals surface area contributed by atoms with Gasteiger partial charge >= 0.3 is 0 Å². The maximum absolute atomic E-state index is 4.52. The Hall–Kier alpha value is -3.67. The molecule has 138 valence electrons. The van der Waals surface area contributed by atoms with Crippen LogP contribution in [0.5, 0.6) is 0 Å². The Morgan fingerprint density at radius 2 is 1.86 bits per heavy atom. The average Bonchev–Trinajstić information content (AvgIpc) is 3.34. The average molecular weight is 368 g/mol. The van der Waals surface area contributed by atoms with Crippen LogP contribution >= 0.6 is 0 Å². The summed E-state index contributed by atoms with van der Waals surface area (Å²) >= 11 is 0. The second kappa shape index (κ2) is 6.81. The number of para-hydroxylation sites is 1. The molecule has 0 aliphatic heterocycles. The van der Waals surface area contributed by atoms with Gasteiger partial charge in [0, 0.05) is 23.6 Å². The Morgan fingerprint density at radius 3 is 2.75 bits per heavy atom. The maximum atomic E-state index is 4.52. The summed E-state index contributed by atoms with van der Waals surface area (Å²) in [6, 6.07) is 16.6. The Labute approximate surface area is 162 Å². The van der Waals surface area contributed by atoms with E-state index in [1.807, 2.05) is 29.1 Å². The van der Waals surface area contributed by atoms with Crippen molar-refractivity contribution < 1.29 is 0 Å². The predicted molar refractivity (Wildman–Crippen MR) is 112 cm³/mol. The molecule has 0 amide bonds. The largest absolute Gasteiger partial charge is 0.369 e. The van der Waals surface area contributed by atoms with E-state index in [1.54, 1.807) is 6.33 Å². The summed E-state index contributed by atoms with van der Waals surface area (Å²) in [6.07, 6.45) is 6.39. The number of hydrogen-bond acceptors (Lipinski definition) is 4.